The van der Waals surface area contributed by atoms with Crippen molar-refractivity contribution >= 4 is 27.7 Å². The van der Waals surface area contributed by atoms with Gasteiger partial charge in [0.2, 0.25) is 0 Å². The zero-order valence-electron chi connectivity index (χ0n) is 8.67. The van der Waals surface area contributed by atoms with E-state index in [4.69, 9.17) is 5.11 Å². The van der Waals surface area contributed by atoms with Gasteiger partial charge in [0.25, 0.3) is 0 Å². The molecule has 0 atom stereocenters. The molecule has 0 saturated heterocycles. The van der Waals surface area contributed by atoms with Crippen LogP contribution in [0.1, 0.15) is 29.6 Å². The maximum absolute atomic E-state index is 13.3. The summed E-state index contributed by atoms with van der Waals surface area (Å²) < 4.78 is 26.4. The molecule has 3 nitrogen and oxygen atoms in total. The number of hydrogen-bond acceptors (Lipinski definition) is 2. The molecule has 92 valence electrons. The minimum absolute atomic E-state index is 0.0583. The smallest absolute Gasteiger partial charge is 0.303 e. The third kappa shape index (κ3) is 3.89. The van der Waals surface area contributed by atoms with Crippen LogP contribution in [-0.4, -0.2) is 16.9 Å². The highest BCUT2D eigenvalue weighted by Gasteiger charge is 2.15. The molecule has 0 aliphatic heterocycles. The highest BCUT2D eigenvalue weighted by molar-refractivity contribution is 9.10. The summed E-state index contributed by atoms with van der Waals surface area (Å²) in [6, 6.07) is 1.68. The molecule has 0 aromatic heterocycles. The van der Waals surface area contributed by atoms with Crippen molar-refractivity contribution in [1.29, 1.82) is 0 Å². The van der Waals surface area contributed by atoms with E-state index in [2.05, 4.69) is 15.9 Å². The van der Waals surface area contributed by atoms with Crippen LogP contribution < -0.4 is 0 Å². The number of rotatable bonds is 5. The normalized spacial score (nSPS) is 10.3. The maximum Gasteiger partial charge on any atom is 0.303 e. The largest absolute Gasteiger partial charge is 0.481 e. The van der Waals surface area contributed by atoms with E-state index in [9.17, 15) is 18.4 Å². The first-order chi connectivity index (χ1) is 7.91. The zero-order valence-corrected chi connectivity index (χ0v) is 10.3. The van der Waals surface area contributed by atoms with Crippen molar-refractivity contribution in [3.63, 3.8) is 0 Å². The Labute approximate surface area is 105 Å². The highest BCUT2D eigenvalue weighted by Crippen LogP contribution is 2.21. The topological polar surface area (TPSA) is 54.4 Å². The van der Waals surface area contributed by atoms with Gasteiger partial charge in [-0.1, -0.05) is 0 Å². The van der Waals surface area contributed by atoms with Gasteiger partial charge in [-0.05, 0) is 34.5 Å². The SMILES string of the molecule is O=C(O)CCCC(=O)c1cc(F)c(Br)cc1F. The fourth-order valence-corrected chi connectivity index (χ4v) is 1.59. The molecule has 1 rings (SSSR count). The number of halogens is 3. The lowest BCUT2D eigenvalue weighted by atomic mass is 10.0. The molecule has 1 N–H and O–H groups in total. The third-order valence-corrected chi connectivity index (χ3v) is 2.71. The predicted octanol–water partition coefficient (Wildman–Crippen LogP) is 3.16. The molecule has 0 amide bonds. The molecule has 0 radical (unpaired) electrons. The van der Waals surface area contributed by atoms with Crippen molar-refractivity contribution in [3.8, 4) is 0 Å². The number of aliphatic carboxylic acids is 1. The van der Waals surface area contributed by atoms with E-state index in [1.807, 2.05) is 0 Å². The van der Waals surface area contributed by atoms with Crippen LogP contribution in [0.25, 0.3) is 0 Å². The molecule has 0 bridgehead atoms. The zero-order chi connectivity index (χ0) is 13.0. The highest BCUT2D eigenvalue weighted by atomic mass is 79.9. The molecule has 0 unspecified atom stereocenters. The summed E-state index contributed by atoms with van der Waals surface area (Å²) in [5.74, 6) is -3.18. The molecule has 17 heavy (non-hydrogen) atoms. The van der Waals surface area contributed by atoms with Gasteiger partial charge in [-0.3, -0.25) is 9.59 Å². The van der Waals surface area contributed by atoms with Crippen molar-refractivity contribution in [1.82, 2.24) is 0 Å². The quantitative estimate of drug-likeness (QED) is 0.671. The van der Waals surface area contributed by atoms with Gasteiger partial charge in [0.05, 0.1) is 10.0 Å². The van der Waals surface area contributed by atoms with Gasteiger partial charge < -0.3 is 5.11 Å². The molecular formula is C11H9BrF2O3. The molecule has 0 aliphatic carbocycles. The minimum Gasteiger partial charge on any atom is -0.481 e. The molecule has 1 aromatic carbocycles. The molecule has 0 aliphatic rings. The summed E-state index contributed by atoms with van der Waals surface area (Å²) in [4.78, 5) is 21.7. The summed E-state index contributed by atoms with van der Waals surface area (Å²) in [5, 5.41) is 8.38. The van der Waals surface area contributed by atoms with E-state index >= 15 is 0 Å². The number of carbonyl (C=O) groups excluding carboxylic acids is 1. The van der Waals surface area contributed by atoms with Crippen molar-refractivity contribution in [2.45, 2.75) is 19.3 Å². The van der Waals surface area contributed by atoms with Crippen LogP contribution in [0.5, 0.6) is 0 Å². The summed E-state index contributed by atoms with van der Waals surface area (Å²) in [7, 11) is 0. The van der Waals surface area contributed by atoms with Crippen molar-refractivity contribution in [2.75, 3.05) is 0 Å². The first-order valence-corrected chi connectivity index (χ1v) is 5.60. The number of Topliss-reactive ketones (excluding diaryl/α,β-unsaturated/α-hetero) is 1. The van der Waals surface area contributed by atoms with Crippen LogP contribution in [0.15, 0.2) is 16.6 Å². The van der Waals surface area contributed by atoms with Crippen molar-refractivity contribution < 1.29 is 23.5 Å². The van der Waals surface area contributed by atoms with Crippen molar-refractivity contribution in [2.24, 2.45) is 0 Å². The summed E-state index contributed by atoms with van der Waals surface area (Å²) >= 11 is 2.80. The molecule has 1 aromatic rings. The van der Waals surface area contributed by atoms with Gasteiger partial charge in [-0.25, -0.2) is 8.78 Å². The molecular weight excluding hydrogens is 298 g/mol. The van der Waals surface area contributed by atoms with Gasteiger partial charge in [0.15, 0.2) is 5.78 Å². The van der Waals surface area contributed by atoms with Gasteiger partial charge in [-0.15, -0.1) is 0 Å². The van der Waals surface area contributed by atoms with Crippen LogP contribution in [-0.2, 0) is 4.79 Å². The third-order valence-electron chi connectivity index (χ3n) is 2.10. The van der Waals surface area contributed by atoms with Gasteiger partial charge in [0.1, 0.15) is 11.6 Å². The average Bonchev–Trinajstić information content (AvgIpc) is 2.22. The number of ketones is 1. The summed E-state index contributed by atoms with van der Waals surface area (Å²) in [5.41, 5.74) is -0.351. The van der Waals surface area contributed by atoms with Crippen LogP contribution in [0.4, 0.5) is 8.78 Å². The lowest BCUT2D eigenvalue weighted by molar-refractivity contribution is -0.137. The fourth-order valence-electron chi connectivity index (χ4n) is 1.27. The Hall–Kier alpha value is -1.30. The molecule has 0 saturated carbocycles. The Kier molecular flexibility index (Phi) is 4.74. The van der Waals surface area contributed by atoms with Crippen LogP contribution >= 0.6 is 15.9 Å². The van der Waals surface area contributed by atoms with Crippen LogP contribution in [0.2, 0.25) is 0 Å². The average molecular weight is 307 g/mol. The van der Waals surface area contributed by atoms with Gasteiger partial charge in [0, 0.05) is 12.8 Å². The summed E-state index contributed by atoms with van der Waals surface area (Å²) in [6.07, 6.45) is -0.193. The first-order valence-electron chi connectivity index (χ1n) is 4.81. The fraction of sp³-hybridized carbons (Fsp3) is 0.273. The number of carboxylic acids is 1. The Balaban J connectivity index is 2.75. The Morgan fingerprint density at radius 3 is 2.41 bits per heavy atom. The standard InChI is InChI=1S/C11H9BrF2O3/c12-7-5-8(13)6(4-9(7)14)10(15)2-1-3-11(16)17/h4-5H,1-3H2,(H,16,17). The molecule has 0 spiro atoms. The second kappa shape index (κ2) is 5.86. The Bertz CT molecular complexity index is 460. The second-order valence-corrected chi connectivity index (χ2v) is 4.27. The van der Waals surface area contributed by atoms with Crippen LogP contribution in [0.3, 0.4) is 0 Å². The van der Waals surface area contributed by atoms with E-state index in [-0.39, 0.29) is 29.3 Å². The monoisotopic (exact) mass is 306 g/mol. The van der Waals surface area contributed by atoms with E-state index in [0.717, 1.165) is 12.1 Å². The van der Waals surface area contributed by atoms with Gasteiger partial charge in [-0.2, -0.15) is 0 Å². The maximum atomic E-state index is 13.3. The van der Waals surface area contributed by atoms with E-state index in [1.165, 1.54) is 0 Å². The second-order valence-electron chi connectivity index (χ2n) is 3.42. The lowest BCUT2D eigenvalue weighted by Crippen LogP contribution is -2.05. The molecule has 0 fully saturated rings. The van der Waals surface area contributed by atoms with Crippen LogP contribution in [0, 0.1) is 11.6 Å². The van der Waals surface area contributed by atoms with E-state index in [0.29, 0.717) is 0 Å². The van der Waals surface area contributed by atoms with E-state index < -0.39 is 23.4 Å². The summed E-state index contributed by atoms with van der Waals surface area (Å²) in [6.45, 7) is 0. The number of benzene rings is 1. The first kappa shape index (κ1) is 13.8. The predicted molar refractivity (Wildman–Crippen MR) is 59.9 cm³/mol. The minimum atomic E-state index is -1.03. The Morgan fingerprint density at radius 2 is 1.82 bits per heavy atom. The Morgan fingerprint density at radius 1 is 1.18 bits per heavy atom. The van der Waals surface area contributed by atoms with E-state index in [1.54, 1.807) is 0 Å². The molecule has 6 heteroatoms. The molecule has 0 heterocycles. The number of hydrogen-bond donors (Lipinski definition) is 1. The van der Waals surface area contributed by atoms with Gasteiger partial charge >= 0.3 is 5.97 Å². The van der Waals surface area contributed by atoms with Crippen molar-refractivity contribution in [3.05, 3.63) is 33.8 Å². The lowest BCUT2D eigenvalue weighted by Gasteiger charge is -2.03. The number of carbonyl (C=O) groups is 2. The number of carboxylic acid groups (broad SMARTS) is 1.